The van der Waals surface area contributed by atoms with Crippen LogP contribution in [0.3, 0.4) is 0 Å². The van der Waals surface area contributed by atoms with Crippen molar-refractivity contribution in [1.29, 1.82) is 0 Å². The predicted octanol–water partition coefficient (Wildman–Crippen LogP) is 3.01. The van der Waals surface area contributed by atoms with Gasteiger partial charge in [0.25, 0.3) is 0 Å². The van der Waals surface area contributed by atoms with E-state index >= 15 is 0 Å². The molecule has 19 heavy (non-hydrogen) atoms. The van der Waals surface area contributed by atoms with Crippen molar-refractivity contribution >= 4 is 11.0 Å². The molecule has 0 atom stereocenters. The van der Waals surface area contributed by atoms with Crippen molar-refractivity contribution in [3.8, 4) is 11.4 Å². The Hall–Kier alpha value is -2.13. The van der Waals surface area contributed by atoms with E-state index in [1.54, 1.807) is 0 Å². The van der Waals surface area contributed by atoms with Crippen molar-refractivity contribution in [2.24, 2.45) is 12.8 Å². The van der Waals surface area contributed by atoms with Gasteiger partial charge in [0.15, 0.2) is 0 Å². The van der Waals surface area contributed by atoms with Crippen LogP contribution in [0.5, 0.6) is 0 Å². The van der Waals surface area contributed by atoms with E-state index in [0.29, 0.717) is 6.54 Å². The third-order valence-electron chi connectivity index (χ3n) is 3.46. The molecule has 0 saturated heterocycles. The number of aromatic nitrogens is 2. The minimum atomic E-state index is 0.552. The van der Waals surface area contributed by atoms with Gasteiger partial charge in [-0.2, -0.15) is 0 Å². The summed E-state index contributed by atoms with van der Waals surface area (Å²) in [6.07, 6.45) is 0. The molecule has 0 aliphatic carbocycles. The fourth-order valence-corrected chi connectivity index (χ4v) is 2.41. The molecule has 1 aromatic heterocycles. The van der Waals surface area contributed by atoms with Gasteiger partial charge in [-0.25, -0.2) is 4.98 Å². The lowest BCUT2D eigenvalue weighted by Gasteiger charge is -2.04. The summed E-state index contributed by atoms with van der Waals surface area (Å²) in [7, 11) is 2.05. The maximum Gasteiger partial charge on any atom is 0.140 e. The monoisotopic (exact) mass is 251 g/mol. The molecular formula is C16H17N3. The van der Waals surface area contributed by atoms with E-state index < -0.39 is 0 Å². The summed E-state index contributed by atoms with van der Waals surface area (Å²) in [5.41, 5.74) is 11.4. The average Bonchev–Trinajstić information content (AvgIpc) is 2.75. The molecule has 3 heteroatoms. The third kappa shape index (κ3) is 2.02. The van der Waals surface area contributed by atoms with E-state index in [-0.39, 0.29) is 0 Å². The molecule has 0 unspecified atom stereocenters. The van der Waals surface area contributed by atoms with Gasteiger partial charge in [0, 0.05) is 19.2 Å². The number of nitrogens with two attached hydrogens (primary N) is 1. The first-order valence-electron chi connectivity index (χ1n) is 6.41. The van der Waals surface area contributed by atoms with Gasteiger partial charge in [0.05, 0.1) is 11.0 Å². The van der Waals surface area contributed by atoms with E-state index in [9.17, 15) is 0 Å². The molecule has 96 valence electrons. The molecule has 0 aliphatic heterocycles. The summed E-state index contributed by atoms with van der Waals surface area (Å²) >= 11 is 0. The molecular weight excluding hydrogens is 234 g/mol. The Morgan fingerprint density at radius 3 is 2.79 bits per heavy atom. The first kappa shape index (κ1) is 11.9. The molecule has 3 nitrogen and oxygen atoms in total. The molecule has 0 radical (unpaired) electrons. The van der Waals surface area contributed by atoms with E-state index in [4.69, 9.17) is 10.7 Å². The first-order valence-corrected chi connectivity index (χ1v) is 6.41. The largest absolute Gasteiger partial charge is 0.327 e. The number of fused-ring (bicyclic) bond motifs is 1. The van der Waals surface area contributed by atoms with Crippen LogP contribution in [-0.4, -0.2) is 9.55 Å². The van der Waals surface area contributed by atoms with E-state index in [1.807, 2.05) is 12.1 Å². The van der Waals surface area contributed by atoms with Gasteiger partial charge in [0.2, 0.25) is 0 Å². The number of nitrogens with zero attached hydrogens (tertiary/aromatic N) is 2. The zero-order valence-corrected chi connectivity index (χ0v) is 11.2. The van der Waals surface area contributed by atoms with Crippen LogP contribution in [-0.2, 0) is 13.6 Å². The Labute approximate surface area is 112 Å². The summed E-state index contributed by atoms with van der Waals surface area (Å²) < 4.78 is 2.13. The molecule has 3 rings (SSSR count). The lowest BCUT2D eigenvalue weighted by molar-refractivity contribution is 0.957. The fraction of sp³-hybridized carbons (Fsp3) is 0.188. The topological polar surface area (TPSA) is 43.8 Å². The highest BCUT2D eigenvalue weighted by atomic mass is 15.1. The number of rotatable bonds is 2. The second-order valence-electron chi connectivity index (χ2n) is 4.89. The Balaban J connectivity index is 2.21. The maximum absolute atomic E-state index is 5.70. The number of hydrogen-bond donors (Lipinski definition) is 1. The quantitative estimate of drug-likeness (QED) is 0.761. The molecule has 1 heterocycles. The van der Waals surface area contributed by atoms with E-state index in [2.05, 4.69) is 48.9 Å². The van der Waals surface area contributed by atoms with E-state index in [0.717, 1.165) is 28.0 Å². The van der Waals surface area contributed by atoms with Crippen LogP contribution in [0.15, 0.2) is 42.5 Å². The van der Waals surface area contributed by atoms with Crippen LogP contribution >= 0.6 is 0 Å². The summed E-state index contributed by atoms with van der Waals surface area (Å²) in [6, 6.07) is 14.6. The lowest BCUT2D eigenvalue weighted by Crippen LogP contribution is -1.97. The highest BCUT2D eigenvalue weighted by Crippen LogP contribution is 2.24. The average molecular weight is 251 g/mol. The summed E-state index contributed by atoms with van der Waals surface area (Å²) in [6.45, 7) is 2.64. The molecule has 0 bridgehead atoms. The Kier molecular flexibility index (Phi) is 2.84. The lowest BCUT2D eigenvalue weighted by atomic mass is 10.1. The Morgan fingerprint density at radius 1 is 1.16 bits per heavy atom. The first-order chi connectivity index (χ1) is 9.19. The van der Waals surface area contributed by atoms with Crippen molar-refractivity contribution < 1.29 is 0 Å². The van der Waals surface area contributed by atoms with Crippen molar-refractivity contribution in [3.63, 3.8) is 0 Å². The predicted molar refractivity (Wildman–Crippen MR) is 78.8 cm³/mol. The zero-order chi connectivity index (χ0) is 13.4. The summed E-state index contributed by atoms with van der Waals surface area (Å²) in [5, 5.41) is 0. The molecule has 0 aliphatic rings. The summed E-state index contributed by atoms with van der Waals surface area (Å²) in [5.74, 6) is 0.982. The van der Waals surface area contributed by atoms with Gasteiger partial charge in [-0.05, 0) is 36.2 Å². The molecule has 3 aromatic rings. The maximum atomic E-state index is 5.70. The molecule has 2 aromatic carbocycles. The van der Waals surface area contributed by atoms with Gasteiger partial charge >= 0.3 is 0 Å². The summed E-state index contributed by atoms with van der Waals surface area (Å²) in [4.78, 5) is 4.74. The SMILES string of the molecule is Cc1ccc2c(c1)nc(-c1cccc(CN)c1)n2C. The zero-order valence-electron chi connectivity index (χ0n) is 11.2. The van der Waals surface area contributed by atoms with E-state index in [1.165, 1.54) is 5.56 Å². The number of hydrogen-bond acceptors (Lipinski definition) is 2. The number of imidazole rings is 1. The van der Waals surface area contributed by atoms with Gasteiger partial charge in [-0.1, -0.05) is 24.3 Å². The molecule has 0 saturated carbocycles. The van der Waals surface area contributed by atoms with Gasteiger partial charge in [-0.3, -0.25) is 0 Å². The number of benzene rings is 2. The van der Waals surface area contributed by atoms with Crippen molar-refractivity contribution in [1.82, 2.24) is 9.55 Å². The van der Waals surface area contributed by atoms with Crippen LogP contribution in [0.1, 0.15) is 11.1 Å². The van der Waals surface area contributed by atoms with Gasteiger partial charge in [-0.15, -0.1) is 0 Å². The minimum absolute atomic E-state index is 0.552. The molecule has 0 amide bonds. The van der Waals surface area contributed by atoms with Gasteiger partial charge in [0.1, 0.15) is 5.82 Å². The van der Waals surface area contributed by atoms with Crippen LogP contribution in [0, 0.1) is 6.92 Å². The van der Waals surface area contributed by atoms with Crippen LogP contribution < -0.4 is 5.73 Å². The molecule has 0 fully saturated rings. The van der Waals surface area contributed by atoms with Gasteiger partial charge < -0.3 is 10.3 Å². The molecule has 2 N–H and O–H groups in total. The standard InChI is InChI=1S/C16H17N3/c1-11-6-7-15-14(8-11)18-16(19(15)2)13-5-3-4-12(9-13)10-17/h3-9H,10,17H2,1-2H3. The Bertz CT molecular complexity index is 741. The van der Waals surface area contributed by atoms with Crippen LogP contribution in [0.25, 0.3) is 22.4 Å². The van der Waals surface area contributed by atoms with Crippen LogP contribution in [0.2, 0.25) is 0 Å². The molecule has 0 spiro atoms. The second kappa shape index (κ2) is 4.52. The normalized spacial score (nSPS) is 11.1. The van der Waals surface area contributed by atoms with Crippen molar-refractivity contribution in [2.45, 2.75) is 13.5 Å². The second-order valence-corrected chi connectivity index (χ2v) is 4.89. The van der Waals surface area contributed by atoms with Crippen molar-refractivity contribution in [2.75, 3.05) is 0 Å². The minimum Gasteiger partial charge on any atom is -0.327 e. The van der Waals surface area contributed by atoms with Crippen LogP contribution in [0.4, 0.5) is 0 Å². The highest BCUT2D eigenvalue weighted by Gasteiger charge is 2.09. The number of aryl methyl sites for hydroxylation is 2. The van der Waals surface area contributed by atoms with Crippen molar-refractivity contribution in [3.05, 3.63) is 53.6 Å². The smallest absolute Gasteiger partial charge is 0.140 e. The highest BCUT2D eigenvalue weighted by molar-refractivity contribution is 5.81. The third-order valence-corrected chi connectivity index (χ3v) is 3.46. The Morgan fingerprint density at radius 2 is 2.00 bits per heavy atom. The fourth-order valence-electron chi connectivity index (χ4n) is 2.41.